The summed E-state index contributed by atoms with van der Waals surface area (Å²) in [5.41, 5.74) is 3.25. The van der Waals surface area contributed by atoms with Gasteiger partial charge in [-0.05, 0) is 43.2 Å². The molecule has 0 bridgehead atoms. The number of rotatable bonds is 6. The van der Waals surface area contributed by atoms with E-state index in [0.29, 0.717) is 17.2 Å². The van der Waals surface area contributed by atoms with Crippen molar-refractivity contribution in [1.82, 2.24) is 0 Å². The van der Waals surface area contributed by atoms with Crippen LogP contribution in [0.3, 0.4) is 0 Å². The Bertz CT molecular complexity index is 817. The average Bonchev–Trinajstić information content (AvgIpc) is 2.62. The fourth-order valence-corrected chi connectivity index (χ4v) is 2.58. The minimum Gasteiger partial charge on any atom is -0.497 e. The van der Waals surface area contributed by atoms with E-state index in [9.17, 15) is 9.59 Å². The standard InChI is InChI=1S/C20H24N2O4/c1-13-6-7-14(2)17(10-13)21-20(24)12-22(15(3)23)18-9-8-16(25-4)11-19(18)26-5/h6-11H,12H2,1-5H3,(H,21,24). The van der Waals surface area contributed by atoms with Crippen molar-refractivity contribution in [3.8, 4) is 11.5 Å². The van der Waals surface area contributed by atoms with Gasteiger partial charge < -0.3 is 14.8 Å². The average molecular weight is 356 g/mol. The van der Waals surface area contributed by atoms with Crippen LogP contribution >= 0.6 is 0 Å². The molecule has 0 heterocycles. The Hall–Kier alpha value is -3.02. The highest BCUT2D eigenvalue weighted by molar-refractivity contribution is 6.02. The van der Waals surface area contributed by atoms with Gasteiger partial charge in [-0.2, -0.15) is 0 Å². The highest BCUT2D eigenvalue weighted by Crippen LogP contribution is 2.32. The Balaban J connectivity index is 2.24. The first-order chi connectivity index (χ1) is 12.3. The zero-order chi connectivity index (χ0) is 19.3. The summed E-state index contributed by atoms with van der Waals surface area (Å²) in [4.78, 5) is 26.0. The lowest BCUT2D eigenvalue weighted by Crippen LogP contribution is -2.37. The molecule has 0 aliphatic rings. The van der Waals surface area contributed by atoms with E-state index in [0.717, 1.165) is 16.8 Å². The van der Waals surface area contributed by atoms with Gasteiger partial charge in [-0.1, -0.05) is 12.1 Å². The number of methoxy groups -OCH3 is 2. The molecule has 6 nitrogen and oxygen atoms in total. The predicted molar refractivity (Wildman–Crippen MR) is 102 cm³/mol. The van der Waals surface area contributed by atoms with Crippen LogP contribution in [-0.4, -0.2) is 32.6 Å². The molecular weight excluding hydrogens is 332 g/mol. The summed E-state index contributed by atoms with van der Waals surface area (Å²) in [6.45, 7) is 5.17. The molecule has 0 radical (unpaired) electrons. The third kappa shape index (κ3) is 4.53. The van der Waals surface area contributed by atoms with Gasteiger partial charge in [-0.25, -0.2) is 0 Å². The molecule has 0 fully saturated rings. The summed E-state index contributed by atoms with van der Waals surface area (Å²) in [6, 6.07) is 10.9. The first kappa shape index (κ1) is 19.3. The zero-order valence-corrected chi connectivity index (χ0v) is 15.8. The SMILES string of the molecule is COc1ccc(N(CC(=O)Nc2cc(C)ccc2C)C(C)=O)c(OC)c1. The Morgan fingerprint density at radius 3 is 2.38 bits per heavy atom. The number of ether oxygens (including phenoxy) is 2. The van der Waals surface area contributed by atoms with E-state index in [1.165, 1.54) is 18.9 Å². The normalized spacial score (nSPS) is 10.2. The molecule has 0 saturated carbocycles. The zero-order valence-electron chi connectivity index (χ0n) is 15.8. The van der Waals surface area contributed by atoms with Gasteiger partial charge in [-0.15, -0.1) is 0 Å². The van der Waals surface area contributed by atoms with Crippen LogP contribution in [0.15, 0.2) is 36.4 Å². The van der Waals surface area contributed by atoms with Crippen LogP contribution in [0.1, 0.15) is 18.1 Å². The molecule has 0 aliphatic heterocycles. The monoisotopic (exact) mass is 356 g/mol. The van der Waals surface area contributed by atoms with Crippen molar-refractivity contribution in [2.24, 2.45) is 0 Å². The number of nitrogens with zero attached hydrogens (tertiary/aromatic N) is 1. The molecule has 2 aromatic carbocycles. The van der Waals surface area contributed by atoms with E-state index < -0.39 is 0 Å². The van der Waals surface area contributed by atoms with Crippen molar-refractivity contribution < 1.29 is 19.1 Å². The Morgan fingerprint density at radius 2 is 1.77 bits per heavy atom. The second kappa shape index (κ2) is 8.38. The lowest BCUT2D eigenvalue weighted by atomic mass is 10.1. The number of nitrogens with one attached hydrogen (secondary N) is 1. The van der Waals surface area contributed by atoms with Crippen LogP contribution in [0.25, 0.3) is 0 Å². The molecule has 0 spiro atoms. The molecule has 1 N–H and O–H groups in total. The fourth-order valence-electron chi connectivity index (χ4n) is 2.58. The van der Waals surface area contributed by atoms with Crippen LogP contribution < -0.4 is 19.7 Å². The molecular formula is C20H24N2O4. The Kier molecular flexibility index (Phi) is 6.22. The third-order valence-electron chi connectivity index (χ3n) is 4.03. The van der Waals surface area contributed by atoms with Crippen LogP contribution in [0.4, 0.5) is 11.4 Å². The first-order valence-corrected chi connectivity index (χ1v) is 8.23. The van der Waals surface area contributed by atoms with Crippen molar-refractivity contribution >= 4 is 23.2 Å². The largest absolute Gasteiger partial charge is 0.497 e. The molecule has 0 atom stereocenters. The van der Waals surface area contributed by atoms with Gasteiger partial charge in [0.05, 0.1) is 19.9 Å². The number of hydrogen-bond acceptors (Lipinski definition) is 4. The number of carbonyl (C=O) groups excluding carboxylic acids is 2. The summed E-state index contributed by atoms with van der Waals surface area (Å²) in [5, 5.41) is 2.87. The van der Waals surface area contributed by atoms with Gasteiger partial charge in [0, 0.05) is 18.7 Å². The molecule has 0 unspecified atom stereocenters. The fraction of sp³-hybridized carbons (Fsp3) is 0.300. The van der Waals surface area contributed by atoms with Crippen molar-refractivity contribution in [3.05, 3.63) is 47.5 Å². The summed E-state index contributed by atoms with van der Waals surface area (Å²) >= 11 is 0. The third-order valence-corrected chi connectivity index (χ3v) is 4.03. The molecule has 138 valence electrons. The second-order valence-corrected chi connectivity index (χ2v) is 6.01. The smallest absolute Gasteiger partial charge is 0.244 e. The number of aryl methyl sites for hydroxylation is 2. The van der Waals surface area contributed by atoms with Gasteiger partial charge in [-0.3, -0.25) is 14.5 Å². The van der Waals surface area contributed by atoms with Crippen LogP contribution in [0.2, 0.25) is 0 Å². The predicted octanol–water partition coefficient (Wildman–Crippen LogP) is 3.31. The maximum atomic E-state index is 12.5. The maximum Gasteiger partial charge on any atom is 0.244 e. The van der Waals surface area contributed by atoms with Gasteiger partial charge in [0.15, 0.2) is 0 Å². The van der Waals surface area contributed by atoms with Crippen molar-refractivity contribution in [2.45, 2.75) is 20.8 Å². The van der Waals surface area contributed by atoms with Gasteiger partial charge in [0.25, 0.3) is 0 Å². The molecule has 2 aromatic rings. The van der Waals surface area contributed by atoms with E-state index in [1.807, 2.05) is 32.0 Å². The summed E-state index contributed by atoms with van der Waals surface area (Å²) < 4.78 is 10.5. The molecule has 0 aliphatic carbocycles. The Labute approximate surface area is 153 Å². The quantitative estimate of drug-likeness (QED) is 0.862. The highest BCUT2D eigenvalue weighted by atomic mass is 16.5. The number of carbonyl (C=O) groups is 2. The minimum absolute atomic E-state index is 0.120. The van der Waals surface area contributed by atoms with Gasteiger partial charge in [0.1, 0.15) is 18.0 Å². The van der Waals surface area contributed by atoms with E-state index >= 15 is 0 Å². The molecule has 0 saturated heterocycles. The van der Waals surface area contributed by atoms with E-state index in [4.69, 9.17) is 9.47 Å². The second-order valence-electron chi connectivity index (χ2n) is 6.01. The summed E-state index contributed by atoms with van der Waals surface area (Å²) in [6.07, 6.45) is 0. The van der Waals surface area contributed by atoms with E-state index in [-0.39, 0.29) is 18.4 Å². The van der Waals surface area contributed by atoms with Gasteiger partial charge in [0.2, 0.25) is 11.8 Å². The lowest BCUT2D eigenvalue weighted by molar-refractivity contribution is -0.120. The van der Waals surface area contributed by atoms with Crippen molar-refractivity contribution in [3.63, 3.8) is 0 Å². The highest BCUT2D eigenvalue weighted by Gasteiger charge is 2.20. The van der Waals surface area contributed by atoms with Gasteiger partial charge >= 0.3 is 0 Å². The molecule has 2 rings (SSSR count). The van der Waals surface area contributed by atoms with Crippen molar-refractivity contribution in [2.75, 3.05) is 31.0 Å². The molecule has 26 heavy (non-hydrogen) atoms. The molecule has 6 heteroatoms. The Morgan fingerprint density at radius 1 is 1.04 bits per heavy atom. The number of amides is 2. The number of anilines is 2. The topological polar surface area (TPSA) is 67.9 Å². The van der Waals surface area contributed by atoms with Crippen LogP contribution in [0.5, 0.6) is 11.5 Å². The molecule has 2 amide bonds. The molecule has 0 aromatic heterocycles. The maximum absolute atomic E-state index is 12.5. The van der Waals surface area contributed by atoms with Crippen molar-refractivity contribution in [1.29, 1.82) is 0 Å². The van der Waals surface area contributed by atoms with Crippen LogP contribution in [-0.2, 0) is 9.59 Å². The van der Waals surface area contributed by atoms with E-state index in [2.05, 4.69) is 5.32 Å². The van der Waals surface area contributed by atoms with Crippen LogP contribution in [0, 0.1) is 13.8 Å². The van der Waals surface area contributed by atoms with E-state index in [1.54, 1.807) is 25.3 Å². The summed E-state index contributed by atoms with van der Waals surface area (Å²) in [5.74, 6) is 0.518. The number of hydrogen-bond donors (Lipinski definition) is 1. The lowest BCUT2D eigenvalue weighted by Gasteiger charge is -2.23. The number of benzene rings is 2. The first-order valence-electron chi connectivity index (χ1n) is 8.23. The summed E-state index contributed by atoms with van der Waals surface area (Å²) in [7, 11) is 3.06. The minimum atomic E-state index is -0.285.